The zero-order valence-corrected chi connectivity index (χ0v) is 14.0. The summed E-state index contributed by atoms with van der Waals surface area (Å²) in [5, 5.41) is 24.2. The molecule has 0 spiro atoms. The molecule has 7 heteroatoms. The minimum Gasteiger partial charge on any atom is -0.480 e. The van der Waals surface area contributed by atoms with Crippen molar-refractivity contribution in [1.82, 2.24) is 20.5 Å². The van der Waals surface area contributed by atoms with Gasteiger partial charge < -0.3 is 5.11 Å². The fourth-order valence-electron chi connectivity index (χ4n) is 3.43. The lowest BCUT2D eigenvalue weighted by Gasteiger charge is -2.27. The van der Waals surface area contributed by atoms with Crippen LogP contribution in [0.3, 0.4) is 0 Å². The minimum absolute atomic E-state index is 0.0512. The van der Waals surface area contributed by atoms with Crippen LogP contribution in [-0.4, -0.2) is 31.8 Å². The van der Waals surface area contributed by atoms with E-state index < -0.39 is 11.5 Å². The number of nitrogens with one attached hydrogen (secondary N) is 1. The number of carbonyl (C=O) groups is 1. The van der Waals surface area contributed by atoms with Crippen LogP contribution in [0.2, 0.25) is 0 Å². The summed E-state index contributed by atoms with van der Waals surface area (Å²) in [7, 11) is 0. The topological polar surface area (TPSA) is 88.0 Å². The van der Waals surface area contributed by atoms with Gasteiger partial charge in [0.25, 0.3) is 0 Å². The van der Waals surface area contributed by atoms with Crippen LogP contribution in [0.4, 0.5) is 0 Å². The third-order valence-electron chi connectivity index (χ3n) is 4.26. The molecule has 0 radical (unpaired) electrons. The van der Waals surface area contributed by atoms with Gasteiger partial charge in [0, 0.05) is 23.7 Å². The number of aliphatic carboxylic acids is 1. The average Bonchev–Trinajstić information content (AvgIpc) is 3.15. The van der Waals surface area contributed by atoms with E-state index in [1.165, 1.54) is 11.3 Å². The molecular weight excluding hydrogens is 312 g/mol. The van der Waals surface area contributed by atoms with Crippen molar-refractivity contribution in [2.75, 3.05) is 0 Å². The van der Waals surface area contributed by atoms with Gasteiger partial charge in [-0.25, -0.2) is 4.98 Å². The van der Waals surface area contributed by atoms with Gasteiger partial charge in [0.15, 0.2) is 0 Å². The quantitative estimate of drug-likeness (QED) is 0.875. The lowest BCUT2D eigenvalue weighted by molar-refractivity contribution is -0.145. The monoisotopic (exact) mass is 332 g/mol. The smallest absolute Gasteiger partial charge is 0.323 e. The van der Waals surface area contributed by atoms with Crippen LogP contribution in [0.5, 0.6) is 0 Å². The van der Waals surface area contributed by atoms with Gasteiger partial charge in [0.1, 0.15) is 10.5 Å². The highest BCUT2D eigenvalue weighted by atomic mass is 32.1. The summed E-state index contributed by atoms with van der Waals surface area (Å²) in [6.07, 6.45) is 4.44. The summed E-state index contributed by atoms with van der Waals surface area (Å²) in [5.74, 6) is -0.583. The van der Waals surface area contributed by atoms with Crippen LogP contribution in [0, 0.1) is 5.92 Å². The molecule has 1 aliphatic rings. The number of nitrogens with zero attached hydrogens (tertiary/aromatic N) is 3. The van der Waals surface area contributed by atoms with Crippen LogP contribution in [0.15, 0.2) is 29.9 Å². The predicted octanol–water partition coefficient (Wildman–Crippen LogP) is 2.62. The van der Waals surface area contributed by atoms with E-state index in [-0.39, 0.29) is 17.9 Å². The fourth-order valence-corrected chi connectivity index (χ4v) is 4.19. The van der Waals surface area contributed by atoms with Gasteiger partial charge in [0.05, 0.1) is 11.7 Å². The molecule has 0 amide bonds. The van der Waals surface area contributed by atoms with Crippen LogP contribution < -0.4 is 5.32 Å². The summed E-state index contributed by atoms with van der Waals surface area (Å²) in [4.78, 5) is 16.4. The molecule has 3 heterocycles. The normalized spacial score (nSPS) is 27.4. The summed E-state index contributed by atoms with van der Waals surface area (Å²) in [6.45, 7) is 4.08. The Labute approximate surface area is 139 Å². The summed E-state index contributed by atoms with van der Waals surface area (Å²) >= 11 is 1.54. The van der Waals surface area contributed by atoms with Crippen molar-refractivity contribution < 1.29 is 9.90 Å². The van der Waals surface area contributed by atoms with Gasteiger partial charge in [-0.05, 0) is 30.9 Å². The maximum Gasteiger partial charge on any atom is 0.323 e. The maximum absolute atomic E-state index is 12.0. The Morgan fingerprint density at radius 1 is 1.52 bits per heavy atom. The molecule has 6 nitrogen and oxygen atoms in total. The number of hydrogen-bond donors (Lipinski definition) is 2. The number of rotatable bonds is 5. The van der Waals surface area contributed by atoms with Gasteiger partial charge in [-0.2, -0.15) is 10.2 Å². The van der Waals surface area contributed by atoms with Crippen LogP contribution >= 0.6 is 11.3 Å². The standard InChI is InChI=1S/C16H20N4O2S/c1-10(2)8-16(15(21)22)9-11(12-4-3-5-18-20-12)13(19-16)14-17-6-7-23-14/h3-7,10-11,13,19H,8-9H2,1-2H3,(H,21,22)/t11-,13-,16+/m1/s1. The van der Waals surface area contributed by atoms with Gasteiger partial charge in [0.2, 0.25) is 0 Å². The fraction of sp³-hybridized carbons (Fsp3) is 0.500. The number of carboxylic acid groups (broad SMARTS) is 1. The van der Waals surface area contributed by atoms with Crippen molar-refractivity contribution in [3.05, 3.63) is 40.6 Å². The maximum atomic E-state index is 12.0. The third-order valence-corrected chi connectivity index (χ3v) is 5.12. The first-order chi connectivity index (χ1) is 11.0. The lowest BCUT2D eigenvalue weighted by atomic mass is 9.83. The van der Waals surface area contributed by atoms with E-state index in [0.29, 0.717) is 12.8 Å². The van der Waals surface area contributed by atoms with E-state index in [1.807, 2.05) is 31.4 Å². The number of thiazole rings is 1. The molecule has 3 rings (SSSR count). The molecule has 1 fully saturated rings. The summed E-state index contributed by atoms with van der Waals surface area (Å²) in [5.41, 5.74) is -0.140. The molecule has 0 unspecified atom stereocenters. The summed E-state index contributed by atoms with van der Waals surface area (Å²) < 4.78 is 0. The van der Waals surface area contributed by atoms with Crippen molar-refractivity contribution in [3.8, 4) is 0 Å². The number of hydrogen-bond acceptors (Lipinski definition) is 6. The van der Waals surface area contributed by atoms with E-state index in [9.17, 15) is 9.90 Å². The van der Waals surface area contributed by atoms with Crippen LogP contribution in [0.25, 0.3) is 0 Å². The molecule has 2 aromatic rings. The van der Waals surface area contributed by atoms with E-state index >= 15 is 0 Å². The van der Waals surface area contributed by atoms with Gasteiger partial charge in [-0.15, -0.1) is 11.3 Å². The minimum atomic E-state index is -0.952. The third kappa shape index (κ3) is 3.11. The van der Waals surface area contributed by atoms with E-state index in [0.717, 1.165) is 10.7 Å². The molecule has 1 aliphatic heterocycles. The van der Waals surface area contributed by atoms with Crippen LogP contribution in [0.1, 0.15) is 49.4 Å². The van der Waals surface area contributed by atoms with Gasteiger partial charge in [-0.3, -0.25) is 10.1 Å². The second-order valence-electron chi connectivity index (χ2n) is 6.44. The lowest BCUT2D eigenvalue weighted by Crippen LogP contribution is -2.49. The predicted molar refractivity (Wildman–Crippen MR) is 87.2 cm³/mol. The Morgan fingerprint density at radius 2 is 2.35 bits per heavy atom. The molecule has 122 valence electrons. The first-order valence-corrected chi connectivity index (χ1v) is 8.58. The molecule has 3 atom stereocenters. The molecule has 23 heavy (non-hydrogen) atoms. The molecule has 1 saturated heterocycles. The Kier molecular flexibility index (Phi) is 4.41. The largest absolute Gasteiger partial charge is 0.480 e. The van der Waals surface area contributed by atoms with Crippen molar-refractivity contribution in [2.24, 2.45) is 5.92 Å². The Balaban J connectivity index is 2.00. The Morgan fingerprint density at radius 3 is 2.91 bits per heavy atom. The molecule has 2 aromatic heterocycles. The SMILES string of the molecule is CC(C)C[C@@]1(C(=O)O)C[C@H](c2cccnn2)[C@H](c2nccs2)N1. The van der Waals surface area contributed by atoms with Crippen molar-refractivity contribution in [3.63, 3.8) is 0 Å². The zero-order valence-electron chi connectivity index (χ0n) is 13.1. The molecule has 2 N–H and O–H groups in total. The van der Waals surface area contributed by atoms with E-state index in [4.69, 9.17) is 0 Å². The highest BCUT2D eigenvalue weighted by Gasteiger charge is 2.52. The average molecular weight is 332 g/mol. The van der Waals surface area contributed by atoms with Crippen molar-refractivity contribution >= 4 is 17.3 Å². The molecule has 0 aliphatic carbocycles. The number of aromatic nitrogens is 3. The first-order valence-electron chi connectivity index (χ1n) is 7.70. The van der Waals surface area contributed by atoms with Gasteiger partial charge in [-0.1, -0.05) is 13.8 Å². The highest BCUT2D eigenvalue weighted by molar-refractivity contribution is 7.09. The molecule has 0 bridgehead atoms. The molecule has 0 saturated carbocycles. The highest BCUT2D eigenvalue weighted by Crippen LogP contribution is 2.46. The second-order valence-corrected chi connectivity index (χ2v) is 7.36. The summed E-state index contributed by atoms with van der Waals surface area (Å²) in [6, 6.07) is 3.60. The molecule has 0 aromatic carbocycles. The number of carboxylic acids is 1. The molecular formula is C16H20N4O2S. The zero-order chi connectivity index (χ0) is 16.4. The van der Waals surface area contributed by atoms with E-state index in [2.05, 4.69) is 20.5 Å². The van der Waals surface area contributed by atoms with Crippen molar-refractivity contribution in [2.45, 2.75) is 44.2 Å². The van der Waals surface area contributed by atoms with E-state index in [1.54, 1.807) is 12.4 Å². The second kappa shape index (κ2) is 6.33. The van der Waals surface area contributed by atoms with Gasteiger partial charge >= 0.3 is 5.97 Å². The Bertz CT molecular complexity index is 662. The van der Waals surface area contributed by atoms with Crippen LogP contribution in [-0.2, 0) is 4.79 Å². The van der Waals surface area contributed by atoms with Crippen molar-refractivity contribution in [1.29, 1.82) is 0 Å². The first kappa shape index (κ1) is 16.0. The Hall–Kier alpha value is -1.86.